The molecule has 156 valence electrons. The monoisotopic (exact) mass is 398 g/mol. The topological polar surface area (TPSA) is 52.6 Å². The largest absolute Gasteiger partial charge is 0.493 e. The van der Waals surface area contributed by atoms with E-state index >= 15 is 0 Å². The molecule has 0 aliphatic heterocycles. The third-order valence-corrected chi connectivity index (χ3v) is 6.36. The molecule has 0 heterocycles. The summed E-state index contributed by atoms with van der Waals surface area (Å²) >= 11 is 0. The summed E-state index contributed by atoms with van der Waals surface area (Å²) in [5.74, 6) is 1.59. The average Bonchev–Trinajstić information content (AvgIpc) is 2.58. The second-order valence-electron chi connectivity index (χ2n) is 8.88. The van der Waals surface area contributed by atoms with Crippen molar-refractivity contribution in [3.8, 4) is 5.75 Å². The molecular weight excluding hydrogens is 360 g/mol. The lowest BCUT2D eigenvalue weighted by Crippen LogP contribution is -2.19. The zero-order valence-corrected chi connectivity index (χ0v) is 18.8. The maximum absolute atomic E-state index is 12.4. The van der Waals surface area contributed by atoms with Gasteiger partial charge >= 0.3 is 0 Å². The van der Waals surface area contributed by atoms with E-state index in [1.165, 1.54) is 0 Å². The standard InChI is InChI=1S/C22H38O4S/c1-7-18(2)15-26-21-11-8-10-20(14-21)19(3)16-27(23,24)13-9-12-25-17-22(4,5)6/h8,10-11,14,18-19H,7,9,12-13,15-17H2,1-6H3/t18-,19-/m0/s1. The van der Waals surface area contributed by atoms with Crippen LogP contribution in [0.25, 0.3) is 0 Å². The van der Waals surface area contributed by atoms with Crippen molar-refractivity contribution in [1.82, 2.24) is 0 Å². The van der Waals surface area contributed by atoms with E-state index < -0.39 is 9.84 Å². The van der Waals surface area contributed by atoms with Gasteiger partial charge in [-0.3, -0.25) is 0 Å². The van der Waals surface area contributed by atoms with E-state index in [1.54, 1.807) is 0 Å². The molecule has 0 aliphatic rings. The minimum atomic E-state index is -3.11. The van der Waals surface area contributed by atoms with Crippen molar-refractivity contribution in [2.24, 2.45) is 11.3 Å². The van der Waals surface area contributed by atoms with Crippen molar-refractivity contribution in [1.29, 1.82) is 0 Å². The second-order valence-corrected chi connectivity index (χ2v) is 11.1. The molecule has 0 fully saturated rings. The van der Waals surface area contributed by atoms with Crippen LogP contribution in [0.3, 0.4) is 0 Å². The third kappa shape index (κ3) is 10.7. The summed E-state index contributed by atoms with van der Waals surface area (Å²) in [4.78, 5) is 0. The zero-order valence-electron chi connectivity index (χ0n) is 18.0. The quantitative estimate of drug-likeness (QED) is 0.461. The normalized spacial score (nSPS) is 14.7. The van der Waals surface area contributed by atoms with Crippen LogP contribution in [0, 0.1) is 11.3 Å². The lowest BCUT2D eigenvalue weighted by atomic mass is 9.99. The van der Waals surface area contributed by atoms with Crippen LogP contribution in [-0.4, -0.2) is 39.7 Å². The number of hydrogen-bond donors (Lipinski definition) is 0. The summed E-state index contributed by atoms with van der Waals surface area (Å²) in [6.07, 6.45) is 1.62. The first-order valence-electron chi connectivity index (χ1n) is 10.0. The summed E-state index contributed by atoms with van der Waals surface area (Å²) in [7, 11) is -3.11. The van der Waals surface area contributed by atoms with E-state index in [2.05, 4.69) is 34.6 Å². The van der Waals surface area contributed by atoms with Crippen LogP contribution in [0.2, 0.25) is 0 Å². The van der Waals surface area contributed by atoms with Gasteiger partial charge in [-0.1, -0.05) is 60.1 Å². The van der Waals surface area contributed by atoms with Gasteiger partial charge in [0.05, 0.1) is 24.7 Å². The van der Waals surface area contributed by atoms with Gasteiger partial charge < -0.3 is 9.47 Å². The van der Waals surface area contributed by atoms with E-state index in [0.29, 0.717) is 32.2 Å². The van der Waals surface area contributed by atoms with Gasteiger partial charge in [-0.2, -0.15) is 0 Å². The van der Waals surface area contributed by atoms with Gasteiger partial charge in [-0.15, -0.1) is 0 Å². The Hall–Kier alpha value is -1.07. The summed E-state index contributed by atoms with van der Waals surface area (Å²) in [5.41, 5.74) is 1.11. The first kappa shape index (κ1) is 24.0. The molecular formula is C22H38O4S. The van der Waals surface area contributed by atoms with Gasteiger partial charge in [-0.25, -0.2) is 8.42 Å². The number of rotatable bonds is 12. The second kappa shape index (κ2) is 11.1. The van der Waals surface area contributed by atoms with Crippen molar-refractivity contribution in [3.63, 3.8) is 0 Å². The maximum atomic E-state index is 12.4. The van der Waals surface area contributed by atoms with Crippen molar-refractivity contribution < 1.29 is 17.9 Å². The Morgan fingerprint density at radius 2 is 1.85 bits per heavy atom. The van der Waals surface area contributed by atoms with Gasteiger partial charge in [0.1, 0.15) is 5.75 Å². The molecule has 4 nitrogen and oxygen atoms in total. The van der Waals surface area contributed by atoms with Crippen molar-refractivity contribution >= 4 is 9.84 Å². The summed E-state index contributed by atoms with van der Waals surface area (Å²) in [5, 5.41) is 0. The van der Waals surface area contributed by atoms with Gasteiger partial charge in [0.15, 0.2) is 9.84 Å². The van der Waals surface area contributed by atoms with Gasteiger partial charge in [0.25, 0.3) is 0 Å². The van der Waals surface area contributed by atoms with E-state index in [0.717, 1.165) is 17.7 Å². The van der Waals surface area contributed by atoms with Crippen LogP contribution in [0.4, 0.5) is 0 Å². The van der Waals surface area contributed by atoms with E-state index in [1.807, 2.05) is 31.2 Å². The number of ether oxygens (including phenoxy) is 2. The lowest BCUT2D eigenvalue weighted by molar-refractivity contribution is 0.0720. The van der Waals surface area contributed by atoms with Crippen LogP contribution >= 0.6 is 0 Å². The molecule has 0 unspecified atom stereocenters. The molecule has 0 saturated heterocycles. The van der Waals surface area contributed by atoms with Crippen molar-refractivity contribution in [2.75, 3.05) is 31.3 Å². The molecule has 0 spiro atoms. The highest BCUT2D eigenvalue weighted by Crippen LogP contribution is 2.23. The highest BCUT2D eigenvalue weighted by atomic mass is 32.2. The fraction of sp³-hybridized carbons (Fsp3) is 0.727. The van der Waals surface area contributed by atoms with Gasteiger partial charge in [0, 0.05) is 6.61 Å². The predicted molar refractivity (Wildman–Crippen MR) is 113 cm³/mol. The Balaban J connectivity index is 2.50. The molecule has 0 N–H and O–H groups in total. The van der Waals surface area contributed by atoms with Crippen LogP contribution in [-0.2, 0) is 14.6 Å². The lowest BCUT2D eigenvalue weighted by Gasteiger charge is -2.18. The molecule has 0 radical (unpaired) electrons. The third-order valence-electron chi connectivity index (χ3n) is 4.44. The van der Waals surface area contributed by atoms with Crippen LogP contribution in [0.5, 0.6) is 5.75 Å². The molecule has 0 saturated carbocycles. The number of sulfone groups is 1. The Bertz CT molecular complexity index is 647. The minimum Gasteiger partial charge on any atom is -0.493 e. The van der Waals surface area contributed by atoms with Crippen LogP contribution in [0.15, 0.2) is 24.3 Å². The molecule has 0 aromatic heterocycles. The van der Waals surface area contributed by atoms with Crippen LogP contribution in [0.1, 0.15) is 65.9 Å². The first-order valence-corrected chi connectivity index (χ1v) is 11.9. The summed E-state index contributed by atoms with van der Waals surface area (Å²) < 4.78 is 36.3. The molecule has 1 aromatic carbocycles. The predicted octanol–water partition coefficient (Wildman–Crippen LogP) is 5.08. The maximum Gasteiger partial charge on any atom is 0.150 e. The summed E-state index contributed by atoms with van der Waals surface area (Å²) in [6.45, 7) is 14.4. The minimum absolute atomic E-state index is 0.0577. The molecule has 2 atom stereocenters. The SMILES string of the molecule is CC[C@H](C)COc1cccc([C@@H](C)CS(=O)(=O)CCCOCC(C)(C)C)c1. The molecule has 1 rings (SSSR count). The highest BCUT2D eigenvalue weighted by molar-refractivity contribution is 7.91. The molecule has 0 aliphatic carbocycles. The molecule has 0 amide bonds. The van der Waals surface area contributed by atoms with Crippen molar-refractivity contribution in [3.05, 3.63) is 29.8 Å². The fourth-order valence-corrected chi connectivity index (χ4v) is 4.27. The Kier molecular flexibility index (Phi) is 9.82. The van der Waals surface area contributed by atoms with Crippen molar-refractivity contribution in [2.45, 2.75) is 60.3 Å². The number of benzene rings is 1. The average molecular weight is 399 g/mol. The molecule has 5 heteroatoms. The Labute approximate surface area is 166 Å². The van der Waals surface area contributed by atoms with Crippen LogP contribution < -0.4 is 4.74 Å². The number of hydrogen-bond acceptors (Lipinski definition) is 4. The molecule has 27 heavy (non-hydrogen) atoms. The van der Waals surface area contributed by atoms with Gasteiger partial charge in [-0.05, 0) is 41.4 Å². The fourth-order valence-electron chi connectivity index (χ4n) is 2.59. The van der Waals surface area contributed by atoms with E-state index in [9.17, 15) is 8.42 Å². The smallest absolute Gasteiger partial charge is 0.150 e. The summed E-state index contributed by atoms with van der Waals surface area (Å²) in [6, 6.07) is 7.81. The van der Waals surface area contributed by atoms with Gasteiger partial charge in [0.2, 0.25) is 0 Å². The molecule has 1 aromatic rings. The molecule has 0 bridgehead atoms. The Morgan fingerprint density at radius 3 is 2.48 bits per heavy atom. The Morgan fingerprint density at radius 1 is 1.15 bits per heavy atom. The van der Waals surface area contributed by atoms with E-state index in [-0.39, 0.29) is 22.8 Å². The highest BCUT2D eigenvalue weighted by Gasteiger charge is 2.18. The first-order chi connectivity index (χ1) is 12.5. The zero-order chi connectivity index (χ0) is 20.5. The van der Waals surface area contributed by atoms with E-state index in [4.69, 9.17) is 9.47 Å².